The Balaban J connectivity index is 2.85. The van der Waals surface area contributed by atoms with E-state index in [0.717, 1.165) is 5.33 Å². The summed E-state index contributed by atoms with van der Waals surface area (Å²) in [4.78, 5) is 3.98. The fourth-order valence-electron chi connectivity index (χ4n) is 1.03. The maximum Gasteiger partial charge on any atom is 0.0273 e. The van der Waals surface area contributed by atoms with Crippen molar-refractivity contribution in [2.45, 2.75) is 13.8 Å². The largest absolute Gasteiger partial charge is 0.265 e. The van der Waals surface area contributed by atoms with Crippen LogP contribution in [0.4, 0.5) is 0 Å². The molecule has 0 atom stereocenters. The molecule has 0 saturated heterocycles. The Morgan fingerprint density at radius 2 is 2.08 bits per heavy atom. The number of pyridine rings is 1. The summed E-state index contributed by atoms with van der Waals surface area (Å²) in [5, 5.41) is 0.937. The molecule has 70 valence electrons. The Labute approximate surface area is 88.0 Å². The zero-order chi connectivity index (χ0) is 9.68. The maximum absolute atomic E-state index is 3.98. The highest BCUT2D eigenvalue weighted by molar-refractivity contribution is 9.09. The van der Waals surface area contributed by atoms with Gasteiger partial charge in [0, 0.05) is 17.7 Å². The summed E-state index contributed by atoms with van der Waals surface area (Å²) in [5.74, 6) is 0.590. The van der Waals surface area contributed by atoms with Gasteiger partial charge >= 0.3 is 0 Å². The van der Waals surface area contributed by atoms with Crippen molar-refractivity contribution in [1.82, 2.24) is 4.98 Å². The molecule has 1 heterocycles. The normalized spacial score (nSPS) is 12.2. The summed E-state index contributed by atoms with van der Waals surface area (Å²) in [6.07, 6.45) is 5.84. The Kier molecular flexibility index (Phi) is 4.16. The van der Waals surface area contributed by atoms with Crippen molar-refractivity contribution in [3.63, 3.8) is 0 Å². The minimum atomic E-state index is 0.590. The van der Waals surface area contributed by atoms with Gasteiger partial charge in [-0.05, 0) is 23.6 Å². The second kappa shape index (κ2) is 5.18. The van der Waals surface area contributed by atoms with Crippen LogP contribution in [-0.4, -0.2) is 10.3 Å². The fraction of sp³-hybridized carbons (Fsp3) is 0.364. The van der Waals surface area contributed by atoms with Crippen LogP contribution in [0, 0.1) is 5.92 Å². The number of halogens is 1. The van der Waals surface area contributed by atoms with Crippen LogP contribution >= 0.6 is 15.9 Å². The Morgan fingerprint density at radius 3 is 2.54 bits per heavy atom. The van der Waals surface area contributed by atoms with E-state index in [9.17, 15) is 0 Å². The van der Waals surface area contributed by atoms with Crippen molar-refractivity contribution >= 4 is 22.0 Å². The quantitative estimate of drug-likeness (QED) is 0.736. The first-order valence-electron chi connectivity index (χ1n) is 4.40. The van der Waals surface area contributed by atoms with E-state index in [0.29, 0.717) is 5.92 Å². The number of nitrogens with zero attached hydrogens (tertiary/aromatic N) is 1. The number of hydrogen-bond acceptors (Lipinski definition) is 1. The lowest BCUT2D eigenvalue weighted by Gasteiger charge is -2.07. The van der Waals surface area contributed by atoms with Gasteiger partial charge in [0.05, 0.1) is 0 Å². The third kappa shape index (κ3) is 3.31. The van der Waals surface area contributed by atoms with Crippen molar-refractivity contribution in [3.8, 4) is 0 Å². The minimum absolute atomic E-state index is 0.590. The lowest BCUT2D eigenvalue weighted by molar-refractivity contribution is 0.781. The first-order valence-corrected chi connectivity index (χ1v) is 5.52. The van der Waals surface area contributed by atoms with Crippen LogP contribution in [0.15, 0.2) is 30.1 Å². The Morgan fingerprint density at radius 1 is 1.46 bits per heavy atom. The van der Waals surface area contributed by atoms with Gasteiger partial charge in [-0.1, -0.05) is 41.4 Å². The molecule has 1 rings (SSSR count). The highest BCUT2D eigenvalue weighted by atomic mass is 79.9. The highest BCUT2D eigenvalue weighted by Gasteiger charge is 2.00. The fourth-order valence-corrected chi connectivity index (χ4v) is 1.84. The van der Waals surface area contributed by atoms with E-state index in [1.165, 1.54) is 11.1 Å². The molecule has 13 heavy (non-hydrogen) atoms. The van der Waals surface area contributed by atoms with E-state index in [-0.39, 0.29) is 0 Å². The molecule has 1 aromatic heterocycles. The molecule has 0 aromatic carbocycles. The SMILES string of the molecule is CC(C)C(=Cc1ccncc1)CBr. The van der Waals surface area contributed by atoms with E-state index in [1.54, 1.807) is 0 Å². The molecule has 0 bridgehead atoms. The Bertz CT molecular complexity index is 277. The van der Waals surface area contributed by atoms with Crippen LogP contribution in [0.3, 0.4) is 0 Å². The molecule has 1 nitrogen and oxygen atoms in total. The van der Waals surface area contributed by atoms with Crippen LogP contribution < -0.4 is 0 Å². The molecule has 0 unspecified atom stereocenters. The first-order chi connectivity index (χ1) is 6.24. The van der Waals surface area contributed by atoms with E-state index in [2.05, 4.69) is 40.8 Å². The van der Waals surface area contributed by atoms with Crippen LogP contribution in [0.5, 0.6) is 0 Å². The molecule has 0 amide bonds. The number of alkyl halides is 1. The van der Waals surface area contributed by atoms with Crippen molar-refractivity contribution in [2.24, 2.45) is 5.92 Å². The Hall–Kier alpha value is -0.630. The van der Waals surface area contributed by atoms with E-state index >= 15 is 0 Å². The second-order valence-electron chi connectivity index (χ2n) is 3.29. The lowest BCUT2D eigenvalue weighted by Crippen LogP contribution is -1.94. The maximum atomic E-state index is 3.98. The van der Waals surface area contributed by atoms with Crippen LogP contribution in [0.1, 0.15) is 19.4 Å². The van der Waals surface area contributed by atoms with Gasteiger partial charge in [-0.25, -0.2) is 0 Å². The summed E-state index contributed by atoms with van der Waals surface area (Å²) in [5.41, 5.74) is 2.63. The summed E-state index contributed by atoms with van der Waals surface area (Å²) < 4.78 is 0. The molecule has 0 saturated carbocycles. The number of allylic oxidation sites excluding steroid dienone is 1. The van der Waals surface area contributed by atoms with Gasteiger partial charge in [0.1, 0.15) is 0 Å². The van der Waals surface area contributed by atoms with E-state index in [1.807, 2.05) is 24.5 Å². The molecule has 0 aliphatic carbocycles. The zero-order valence-corrected chi connectivity index (χ0v) is 9.58. The average molecular weight is 240 g/mol. The number of aromatic nitrogens is 1. The molecular formula is C11H14BrN. The van der Waals surface area contributed by atoms with Crippen molar-refractivity contribution in [2.75, 3.05) is 5.33 Å². The number of rotatable bonds is 3. The van der Waals surface area contributed by atoms with Crippen LogP contribution in [-0.2, 0) is 0 Å². The molecule has 0 spiro atoms. The van der Waals surface area contributed by atoms with Crippen LogP contribution in [0.25, 0.3) is 6.08 Å². The molecule has 0 radical (unpaired) electrons. The third-order valence-corrected chi connectivity index (χ3v) is 2.60. The second-order valence-corrected chi connectivity index (χ2v) is 3.85. The van der Waals surface area contributed by atoms with Gasteiger partial charge in [0.15, 0.2) is 0 Å². The summed E-state index contributed by atoms with van der Waals surface area (Å²) in [6.45, 7) is 4.41. The monoisotopic (exact) mass is 239 g/mol. The molecule has 0 fully saturated rings. The summed E-state index contributed by atoms with van der Waals surface area (Å²) >= 11 is 3.49. The summed E-state index contributed by atoms with van der Waals surface area (Å²) in [7, 11) is 0. The van der Waals surface area contributed by atoms with Gasteiger partial charge in [-0.15, -0.1) is 0 Å². The molecule has 2 heteroatoms. The van der Waals surface area contributed by atoms with E-state index in [4.69, 9.17) is 0 Å². The first kappa shape index (κ1) is 10.5. The number of hydrogen-bond donors (Lipinski definition) is 0. The van der Waals surface area contributed by atoms with Crippen molar-refractivity contribution in [1.29, 1.82) is 0 Å². The van der Waals surface area contributed by atoms with E-state index < -0.39 is 0 Å². The minimum Gasteiger partial charge on any atom is -0.265 e. The average Bonchev–Trinajstić information content (AvgIpc) is 2.15. The highest BCUT2D eigenvalue weighted by Crippen LogP contribution is 2.16. The molecule has 1 aromatic rings. The van der Waals surface area contributed by atoms with Gasteiger partial charge < -0.3 is 0 Å². The molecule has 0 aliphatic heterocycles. The lowest BCUT2D eigenvalue weighted by atomic mass is 10.0. The van der Waals surface area contributed by atoms with Crippen LogP contribution in [0.2, 0.25) is 0 Å². The smallest absolute Gasteiger partial charge is 0.0273 e. The molecule has 0 N–H and O–H groups in total. The topological polar surface area (TPSA) is 12.9 Å². The predicted octanol–water partition coefficient (Wildman–Crippen LogP) is 3.52. The summed E-state index contributed by atoms with van der Waals surface area (Å²) in [6, 6.07) is 4.04. The molecular weight excluding hydrogens is 226 g/mol. The zero-order valence-electron chi connectivity index (χ0n) is 8.00. The predicted molar refractivity (Wildman–Crippen MR) is 60.8 cm³/mol. The van der Waals surface area contributed by atoms with Gasteiger partial charge in [0.2, 0.25) is 0 Å². The van der Waals surface area contributed by atoms with Crippen molar-refractivity contribution in [3.05, 3.63) is 35.7 Å². The van der Waals surface area contributed by atoms with Gasteiger partial charge in [0.25, 0.3) is 0 Å². The molecule has 0 aliphatic rings. The third-order valence-electron chi connectivity index (χ3n) is 1.95. The van der Waals surface area contributed by atoms with Gasteiger partial charge in [-0.2, -0.15) is 0 Å². The standard InChI is InChI=1S/C11H14BrN/c1-9(2)11(8-12)7-10-3-5-13-6-4-10/h3-7,9H,8H2,1-2H3. The van der Waals surface area contributed by atoms with Crippen molar-refractivity contribution < 1.29 is 0 Å². The van der Waals surface area contributed by atoms with Gasteiger partial charge in [-0.3, -0.25) is 4.98 Å².